The maximum absolute atomic E-state index is 7.69. The summed E-state index contributed by atoms with van der Waals surface area (Å²) in [6, 6.07) is 10.1. The van der Waals surface area contributed by atoms with Gasteiger partial charge >= 0.3 is 0 Å². The van der Waals surface area contributed by atoms with E-state index in [9.17, 15) is 0 Å². The zero-order valence-corrected chi connectivity index (χ0v) is 13.6. The molecule has 2 unspecified atom stereocenters. The molecule has 3 aromatic rings. The second-order valence-electron chi connectivity index (χ2n) is 6.29. The molecule has 2 aliphatic rings. The van der Waals surface area contributed by atoms with Crippen LogP contribution in [0.25, 0.3) is 16.8 Å². The van der Waals surface area contributed by atoms with Crippen LogP contribution in [0.3, 0.4) is 0 Å². The Bertz CT molecular complexity index is 923. The number of halogens is 1. The smallest absolute Gasteiger partial charge is 0.236 e. The van der Waals surface area contributed by atoms with Gasteiger partial charge in [0.05, 0.1) is 11.0 Å². The van der Waals surface area contributed by atoms with Crippen LogP contribution in [0.1, 0.15) is 9.16 Å². The van der Waals surface area contributed by atoms with Crippen LogP contribution in [-0.4, -0.2) is 32.7 Å². The maximum atomic E-state index is 7.69. The molecular weight excluding hydrogens is 340 g/mol. The first-order chi connectivity index (χ1) is 11.5. The third kappa shape index (κ3) is 1.81. The highest BCUT2D eigenvalue weighted by molar-refractivity contribution is 9.09. The quantitative estimate of drug-likeness (QED) is 0.673. The van der Waals surface area contributed by atoms with E-state index in [1.54, 1.807) is 0 Å². The van der Waals surface area contributed by atoms with Gasteiger partial charge in [-0.3, -0.25) is 4.40 Å². The monoisotopic (exact) mass is 358 g/mol. The maximum Gasteiger partial charge on any atom is 0.236 e. The van der Waals surface area contributed by atoms with Crippen LogP contribution in [0.4, 0.5) is 5.82 Å². The molecule has 3 heterocycles. The molecule has 4 nitrogen and oxygen atoms in total. The lowest BCUT2D eigenvalue weighted by atomic mass is 10.2. The topological polar surface area (TPSA) is 33.4 Å². The van der Waals surface area contributed by atoms with E-state index in [2.05, 4.69) is 37.9 Å². The van der Waals surface area contributed by atoms with Gasteiger partial charge in [0.15, 0.2) is 0 Å². The largest absolute Gasteiger partial charge is 0.356 e. The highest BCUT2D eigenvalue weighted by Gasteiger charge is 2.54. The van der Waals surface area contributed by atoms with Gasteiger partial charge in [-0.2, -0.15) is 4.98 Å². The molecule has 0 spiro atoms. The molecule has 2 atom stereocenters. The summed E-state index contributed by atoms with van der Waals surface area (Å²) in [4.78, 5) is 11.7. The van der Waals surface area contributed by atoms with E-state index in [1.165, 1.54) is 0 Å². The SMILES string of the molecule is [2H]C([2H])(Br)CC1C2CN(c3ccn4c(n3)nc3ccccc34)CC21. The van der Waals surface area contributed by atoms with Crippen molar-refractivity contribution in [2.24, 2.45) is 17.8 Å². The lowest BCUT2D eigenvalue weighted by molar-refractivity contribution is 0.624. The Morgan fingerprint density at radius 2 is 2.00 bits per heavy atom. The molecule has 22 heavy (non-hydrogen) atoms. The molecule has 1 aromatic carbocycles. The zero-order chi connectivity index (χ0) is 16.5. The molecule has 1 saturated heterocycles. The van der Waals surface area contributed by atoms with E-state index in [-0.39, 0.29) is 0 Å². The number of nitrogens with zero attached hydrogens (tertiary/aromatic N) is 4. The molecular formula is C17H17BrN4. The van der Waals surface area contributed by atoms with Gasteiger partial charge in [0.25, 0.3) is 0 Å². The Morgan fingerprint density at radius 1 is 1.18 bits per heavy atom. The van der Waals surface area contributed by atoms with Crippen molar-refractivity contribution in [1.82, 2.24) is 14.4 Å². The van der Waals surface area contributed by atoms with Gasteiger partial charge in [0.2, 0.25) is 5.78 Å². The van der Waals surface area contributed by atoms with Crippen LogP contribution in [-0.2, 0) is 0 Å². The lowest BCUT2D eigenvalue weighted by Crippen LogP contribution is -2.25. The number of benzene rings is 1. The molecule has 5 rings (SSSR count). The summed E-state index contributed by atoms with van der Waals surface area (Å²) < 4.78 is 17.4. The van der Waals surface area contributed by atoms with Gasteiger partial charge in [-0.15, -0.1) is 0 Å². The number of hydrogen-bond donors (Lipinski definition) is 0. The Hall–Kier alpha value is -1.62. The van der Waals surface area contributed by atoms with Gasteiger partial charge in [-0.25, -0.2) is 4.98 Å². The summed E-state index contributed by atoms with van der Waals surface area (Å²) in [7, 11) is 0. The first kappa shape index (κ1) is 11.0. The van der Waals surface area contributed by atoms with Crippen molar-refractivity contribution in [1.29, 1.82) is 0 Å². The summed E-state index contributed by atoms with van der Waals surface area (Å²) in [5.74, 6) is 3.44. The first-order valence-corrected chi connectivity index (χ1v) is 8.47. The summed E-state index contributed by atoms with van der Waals surface area (Å²) in [5.41, 5.74) is 2.04. The van der Waals surface area contributed by atoms with Crippen molar-refractivity contribution in [3.05, 3.63) is 36.5 Å². The molecule has 0 bridgehead atoms. The molecule has 2 aromatic heterocycles. The van der Waals surface area contributed by atoms with Gasteiger partial charge in [-0.05, 0) is 42.4 Å². The molecule has 112 valence electrons. The number of anilines is 1. The number of aromatic nitrogens is 3. The minimum Gasteiger partial charge on any atom is -0.356 e. The Balaban J connectivity index is 1.38. The van der Waals surface area contributed by atoms with E-state index in [0.29, 0.717) is 24.2 Å². The number of imidazole rings is 1. The van der Waals surface area contributed by atoms with Crippen molar-refractivity contribution in [3.8, 4) is 0 Å². The fourth-order valence-electron chi connectivity index (χ4n) is 3.94. The van der Waals surface area contributed by atoms with E-state index < -0.39 is 5.28 Å². The molecule has 1 aliphatic carbocycles. The number of hydrogen-bond acceptors (Lipinski definition) is 3. The number of piperidine rings is 1. The van der Waals surface area contributed by atoms with Crippen molar-refractivity contribution in [2.45, 2.75) is 6.42 Å². The minimum atomic E-state index is -1.24. The van der Waals surface area contributed by atoms with Gasteiger partial charge in [-0.1, -0.05) is 28.1 Å². The summed E-state index contributed by atoms with van der Waals surface area (Å²) >= 11 is 3.13. The standard InChI is InChI=1S/C17H17BrN4/c18-7-5-11-12-9-21(10-13(11)12)16-6-8-22-15-4-2-1-3-14(15)19-17(22)20-16/h1-4,6,8,11-13H,5,7,9-10H2/i7D2. The normalized spacial score (nSPS) is 28.8. The third-order valence-electron chi connectivity index (χ3n) is 5.17. The van der Waals surface area contributed by atoms with Crippen LogP contribution in [0, 0.1) is 17.8 Å². The number of para-hydroxylation sites is 2. The fraction of sp³-hybridized carbons (Fsp3) is 0.412. The summed E-state index contributed by atoms with van der Waals surface area (Å²) in [5, 5.41) is -1.24. The Labute approximate surface area is 140 Å². The molecule has 1 saturated carbocycles. The lowest BCUT2D eigenvalue weighted by Gasteiger charge is -2.20. The number of rotatable bonds is 3. The fourth-order valence-corrected chi connectivity index (χ4v) is 4.32. The van der Waals surface area contributed by atoms with Crippen molar-refractivity contribution in [3.63, 3.8) is 0 Å². The van der Waals surface area contributed by atoms with Crippen molar-refractivity contribution < 1.29 is 2.74 Å². The van der Waals surface area contributed by atoms with Crippen LogP contribution < -0.4 is 4.90 Å². The first-order valence-electron chi connectivity index (χ1n) is 8.67. The van der Waals surface area contributed by atoms with Crippen LogP contribution >= 0.6 is 15.9 Å². The summed E-state index contributed by atoms with van der Waals surface area (Å²) in [6.07, 6.45) is 2.65. The van der Waals surface area contributed by atoms with E-state index in [4.69, 9.17) is 7.73 Å². The highest BCUT2D eigenvalue weighted by atomic mass is 79.9. The summed E-state index contributed by atoms with van der Waals surface area (Å²) in [6.45, 7) is 1.95. The van der Waals surface area contributed by atoms with Gasteiger partial charge < -0.3 is 4.90 Å². The average molecular weight is 359 g/mol. The van der Waals surface area contributed by atoms with Crippen molar-refractivity contribution >= 4 is 38.6 Å². The Morgan fingerprint density at radius 3 is 2.82 bits per heavy atom. The number of fused-ring (bicyclic) bond motifs is 4. The average Bonchev–Trinajstić information content (AvgIpc) is 2.93. The second kappa shape index (κ2) is 4.69. The van der Waals surface area contributed by atoms with Gasteiger partial charge in [0.1, 0.15) is 5.82 Å². The van der Waals surface area contributed by atoms with E-state index in [1.807, 2.05) is 28.8 Å². The Kier molecular flexibility index (Phi) is 2.34. The van der Waals surface area contributed by atoms with Crippen LogP contribution in [0.2, 0.25) is 0 Å². The second-order valence-corrected chi connectivity index (χ2v) is 6.85. The van der Waals surface area contributed by atoms with Gasteiger partial charge in [0, 0.05) is 27.3 Å². The molecule has 2 fully saturated rings. The third-order valence-corrected chi connectivity index (χ3v) is 5.50. The van der Waals surface area contributed by atoms with Crippen molar-refractivity contribution in [2.75, 3.05) is 23.3 Å². The predicted octanol–water partition coefficient (Wildman–Crippen LogP) is 3.35. The molecule has 0 amide bonds. The highest BCUT2D eigenvalue weighted by Crippen LogP contribution is 2.54. The van der Waals surface area contributed by atoms with Crippen LogP contribution in [0.5, 0.6) is 0 Å². The molecule has 0 radical (unpaired) electrons. The predicted molar refractivity (Wildman–Crippen MR) is 91.6 cm³/mol. The number of alkyl halides is 1. The molecule has 5 heteroatoms. The van der Waals surface area contributed by atoms with E-state index in [0.717, 1.165) is 35.7 Å². The molecule has 1 aliphatic heterocycles. The van der Waals surface area contributed by atoms with E-state index >= 15 is 0 Å². The molecule has 0 N–H and O–H groups in total. The minimum absolute atomic E-state index is 0.508. The van der Waals surface area contributed by atoms with Crippen LogP contribution in [0.15, 0.2) is 36.5 Å². The zero-order valence-electron chi connectivity index (χ0n) is 14.0.